The summed E-state index contributed by atoms with van der Waals surface area (Å²) in [7, 11) is 0. The average molecular weight is 150 g/mol. The maximum absolute atomic E-state index is 8.60. The van der Waals surface area contributed by atoms with Gasteiger partial charge in [-0.2, -0.15) is 4.79 Å². The second kappa shape index (κ2) is 2.78. The van der Waals surface area contributed by atoms with E-state index in [0.717, 1.165) is 30.4 Å². The zero-order valence-electron chi connectivity index (χ0n) is 6.79. The van der Waals surface area contributed by atoms with Gasteiger partial charge in [-0.05, 0) is 24.7 Å². The number of rotatable bonds is 0. The van der Waals surface area contributed by atoms with Crippen LogP contribution in [0.4, 0.5) is 0 Å². The van der Waals surface area contributed by atoms with Gasteiger partial charge in [-0.25, -0.2) is 0 Å². The fourth-order valence-corrected chi connectivity index (χ4v) is 2.61. The van der Waals surface area contributed by atoms with E-state index < -0.39 is 0 Å². The lowest BCUT2D eigenvalue weighted by Gasteiger charge is -2.21. The average Bonchev–Trinajstić information content (AvgIpc) is 2.50. The van der Waals surface area contributed by atoms with Crippen molar-refractivity contribution >= 4 is 5.71 Å². The molecule has 2 rings (SSSR count). The summed E-state index contributed by atoms with van der Waals surface area (Å²) in [6.07, 6.45) is 7.56. The molecule has 0 heterocycles. The van der Waals surface area contributed by atoms with Crippen molar-refractivity contribution in [3.05, 3.63) is 5.53 Å². The van der Waals surface area contributed by atoms with E-state index in [0.29, 0.717) is 0 Å². The van der Waals surface area contributed by atoms with Gasteiger partial charge in [0.15, 0.2) is 0 Å². The number of hydrogen-bond donors (Lipinski definition) is 0. The van der Waals surface area contributed by atoms with Crippen LogP contribution in [0.1, 0.15) is 38.5 Å². The first-order valence-electron chi connectivity index (χ1n) is 4.60. The smallest absolute Gasteiger partial charge is 0.269 e. The van der Waals surface area contributed by atoms with E-state index in [1.54, 1.807) is 0 Å². The molecule has 2 aliphatic rings. The normalized spacial score (nSPS) is 36.5. The van der Waals surface area contributed by atoms with Gasteiger partial charge in [0, 0.05) is 12.8 Å². The molecule has 60 valence electrons. The summed E-state index contributed by atoms with van der Waals surface area (Å²) in [5, 5.41) is 0. The topological polar surface area (TPSA) is 36.4 Å². The standard InChI is InChI=1S/C9H14N2/c10-11-9-5-4-7-2-1-3-8(7)6-9/h7-8H,1-6H2/t7-,8?/m0/s1. The third kappa shape index (κ3) is 1.23. The predicted octanol–water partition coefficient (Wildman–Crippen LogP) is 2.26. The molecule has 2 fully saturated rings. The minimum absolute atomic E-state index is 0.856. The van der Waals surface area contributed by atoms with Gasteiger partial charge in [0.25, 0.3) is 5.71 Å². The van der Waals surface area contributed by atoms with Crippen molar-refractivity contribution in [3.63, 3.8) is 0 Å². The lowest BCUT2D eigenvalue weighted by atomic mass is 9.81. The van der Waals surface area contributed by atoms with Gasteiger partial charge in [-0.15, -0.1) is 0 Å². The summed E-state index contributed by atoms with van der Waals surface area (Å²) in [5.41, 5.74) is 9.63. The van der Waals surface area contributed by atoms with Crippen LogP contribution in [-0.4, -0.2) is 10.5 Å². The van der Waals surface area contributed by atoms with Gasteiger partial charge in [-0.1, -0.05) is 12.8 Å². The number of fused-ring (bicyclic) bond motifs is 1. The molecule has 0 aromatic carbocycles. The van der Waals surface area contributed by atoms with Crippen LogP contribution in [0.25, 0.3) is 5.53 Å². The Kier molecular flexibility index (Phi) is 1.79. The van der Waals surface area contributed by atoms with Gasteiger partial charge < -0.3 is 5.53 Å². The highest BCUT2D eigenvalue weighted by atomic mass is 14.9. The Bertz CT molecular complexity index is 204. The zero-order chi connectivity index (χ0) is 7.68. The van der Waals surface area contributed by atoms with Crippen molar-refractivity contribution in [2.24, 2.45) is 11.8 Å². The number of hydrogen-bond acceptors (Lipinski definition) is 0. The Balaban J connectivity index is 2.07. The van der Waals surface area contributed by atoms with Crippen LogP contribution < -0.4 is 0 Å². The van der Waals surface area contributed by atoms with Crippen LogP contribution in [0, 0.1) is 11.8 Å². The minimum atomic E-state index is 0.856. The molecule has 0 amide bonds. The summed E-state index contributed by atoms with van der Waals surface area (Å²) in [5.74, 6) is 1.81. The highest BCUT2D eigenvalue weighted by Crippen LogP contribution is 2.40. The Morgan fingerprint density at radius 1 is 1.18 bits per heavy atom. The third-order valence-corrected chi connectivity index (χ3v) is 3.26. The molecular weight excluding hydrogens is 136 g/mol. The van der Waals surface area contributed by atoms with E-state index in [2.05, 4.69) is 4.79 Å². The van der Waals surface area contributed by atoms with E-state index in [-0.39, 0.29) is 0 Å². The lowest BCUT2D eigenvalue weighted by Crippen LogP contribution is -2.20. The molecule has 2 aliphatic carbocycles. The molecule has 0 N–H and O–H groups in total. The molecule has 0 saturated heterocycles. The Labute approximate surface area is 67.2 Å². The van der Waals surface area contributed by atoms with Crippen molar-refractivity contribution < 1.29 is 4.79 Å². The van der Waals surface area contributed by atoms with E-state index in [1.165, 1.54) is 25.7 Å². The monoisotopic (exact) mass is 150 g/mol. The van der Waals surface area contributed by atoms with Crippen LogP contribution >= 0.6 is 0 Å². The fraction of sp³-hybridized carbons (Fsp3) is 0.889. The molecule has 1 unspecified atom stereocenters. The SMILES string of the molecule is [N-]=[N+]=C1CC[C@@H]2CCCC2C1. The van der Waals surface area contributed by atoms with Crippen LogP contribution in [-0.2, 0) is 0 Å². The van der Waals surface area contributed by atoms with Gasteiger partial charge in [0.1, 0.15) is 0 Å². The minimum Gasteiger partial charge on any atom is -0.362 e. The quantitative estimate of drug-likeness (QED) is 0.375. The number of nitrogens with zero attached hydrogens (tertiary/aromatic N) is 2. The van der Waals surface area contributed by atoms with Gasteiger partial charge in [-0.3, -0.25) is 0 Å². The van der Waals surface area contributed by atoms with Crippen LogP contribution in [0.2, 0.25) is 0 Å². The lowest BCUT2D eigenvalue weighted by molar-refractivity contribution is -0.0165. The highest BCUT2D eigenvalue weighted by molar-refractivity contribution is 5.80. The molecule has 0 aliphatic heterocycles. The molecule has 11 heavy (non-hydrogen) atoms. The van der Waals surface area contributed by atoms with Crippen molar-refractivity contribution in [3.8, 4) is 0 Å². The highest BCUT2D eigenvalue weighted by Gasteiger charge is 2.34. The van der Waals surface area contributed by atoms with Gasteiger partial charge in [0.05, 0.1) is 0 Å². The molecule has 0 spiro atoms. The molecule has 0 aromatic rings. The zero-order valence-corrected chi connectivity index (χ0v) is 6.79. The largest absolute Gasteiger partial charge is 0.362 e. The van der Waals surface area contributed by atoms with Crippen molar-refractivity contribution in [1.82, 2.24) is 0 Å². The maximum Gasteiger partial charge on any atom is 0.269 e. The first-order chi connectivity index (χ1) is 5.40. The van der Waals surface area contributed by atoms with Crippen molar-refractivity contribution in [1.29, 1.82) is 0 Å². The van der Waals surface area contributed by atoms with Crippen LogP contribution in [0.15, 0.2) is 0 Å². The summed E-state index contributed by atoms with van der Waals surface area (Å²) in [4.78, 5) is 3.32. The summed E-state index contributed by atoms with van der Waals surface area (Å²) in [6.45, 7) is 0. The fourth-order valence-electron chi connectivity index (χ4n) is 2.61. The van der Waals surface area contributed by atoms with E-state index >= 15 is 0 Å². The Hall–Kier alpha value is -0.620. The molecule has 2 atom stereocenters. The summed E-state index contributed by atoms with van der Waals surface area (Å²) in [6, 6.07) is 0. The molecular formula is C9H14N2. The maximum atomic E-state index is 8.60. The molecule has 0 radical (unpaired) electrons. The van der Waals surface area contributed by atoms with Crippen LogP contribution in [0.3, 0.4) is 0 Å². The van der Waals surface area contributed by atoms with Crippen molar-refractivity contribution in [2.45, 2.75) is 38.5 Å². The predicted molar refractivity (Wildman–Crippen MR) is 43.3 cm³/mol. The van der Waals surface area contributed by atoms with E-state index in [4.69, 9.17) is 5.53 Å². The van der Waals surface area contributed by atoms with Gasteiger partial charge >= 0.3 is 0 Å². The van der Waals surface area contributed by atoms with Crippen LogP contribution in [0.5, 0.6) is 0 Å². The van der Waals surface area contributed by atoms with E-state index in [1.807, 2.05) is 0 Å². The molecule has 2 nitrogen and oxygen atoms in total. The summed E-state index contributed by atoms with van der Waals surface area (Å²) < 4.78 is 0. The first-order valence-corrected chi connectivity index (χ1v) is 4.60. The molecule has 2 saturated carbocycles. The van der Waals surface area contributed by atoms with Gasteiger partial charge in [0.2, 0.25) is 0 Å². The Morgan fingerprint density at radius 3 is 2.82 bits per heavy atom. The Morgan fingerprint density at radius 2 is 2.00 bits per heavy atom. The van der Waals surface area contributed by atoms with E-state index in [9.17, 15) is 0 Å². The molecule has 0 bridgehead atoms. The molecule has 0 aromatic heterocycles. The summed E-state index contributed by atoms with van der Waals surface area (Å²) >= 11 is 0. The third-order valence-electron chi connectivity index (χ3n) is 3.26. The second-order valence-electron chi connectivity index (χ2n) is 3.86. The first kappa shape index (κ1) is 7.05. The second-order valence-corrected chi connectivity index (χ2v) is 3.86. The molecule has 2 heteroatoms. The van der Waals surface area contributed by atoms with Crippen molar-refractivity contribution in [2.75, 3.05) is 0 Å².